The van der Waals surface area contributed by atoms with E-state index in [-0.39, 0.29) is 13.2 Å². The average Bonchev–Trinajstić information content (AvgIpc) is 2.45. The van der Waals surface area contributed by atoms with Gasteiger partial charge in [0.05, 0.1) is 26.3 Å². The van der Waals surface area contributed by atoms with Crippen molar-refractivity contribution in [2.24, 2.45) is 0 Å². The predicted octanol–water partition coefficient (Wildman–Crippen LogP) is 0.908. The van der Waals surface area contributed by atoms with Gasteiger partial charge in [-0.2, -0.15) is 0 Å². The highest BCUT2D eigenvalue weighted by molar-refractivity contribution is 14.1. The summed E-state index contributed by atoms with van der Waals surface area (Å²) in [6.45, 7) is 7.15. The number of piperazine rings is 1. The van der Waals surface area contributed by atoms with Crippen molar-refractivity contribution in [3.05, 3.63) is 33.4 Å². The van der Waals surface area contributed by atoms with E-state index >= 15 is 0 Å². The number of β-amino-alcohol motifs (C(OH)–C–C–N with tert-alkyl or cyclic N) is 1. The van der Waals surface area contributed by atoms with Gasteiger partial charge in [-0.1, -0.05) is 18.2 Å². The summed E-state index contributed by atoms with van der Waals surface area (Å²) in [5.41, 5.74) is 1.37. The maximum Gasteiger partial charge on any atom is 0.106 e. The molecule has 1 aliphatic rings. The van der Waals surface area contributed by atoms with E-state index in [9.17, 15) is 5.11 Å². The molecule has 2 N–H and O–H groups in total. The highest BCUT2D eigenvalue weighted by Crippen LogP contribution is 2.21. The fourth-order valence-electron chi connectivity index (χ4n) is 2.96. The second-order valence-electron chi connectivity index (χ2n) is 5.55. The number of hydrogen-bond acceptors (Lipinski definition) is 3. The molecule has 1 aromatic rings. The van der Waals surface area contributed by atoms with E-state index in [1.165, 1.54) is 9.13 Å². The van der Waals surface area contributed by atoms with Crippen LogP contribution in [0.1, 0.15) is 5.56 Å². The molecule has 20 heavy (non-hydrogen) atoms. The number of nitrogens with zero attached hydrogens (tertiary/aromatic N) is 2. The third kappa shape index (κ3) is 4.14. The normalized spacial score (nSPS) is 19.1. The Labute approximate surface area is 134 Å². The first-order valence-electron chi connectivity index (χ1n) is 7.22. The van der Waals surface area contributed by atoms with Crippen molar-refractivity contribution in [3.8, 4) is 0 Å². The lowest BCUT2D eigenvalue weighted by Crippen LogP contribution is -2.60. The van der Waals surface area contributed by atoms with E-state index in [4.69, 9.17) is 5.11 Å². The molecular formula is C15H24IN2O2+. The van der Waals surface area contributed by atoms with Crippen LogP contribution in [0.5, 0.6) is 0 Å². The molecule has 1 aliphatic heterocycles. The molecule has 0 aliphatic carbocycles. The van der Waals surface area contributed by atoms with Gasteiger partial charge < -0.3 is 14.7 Å². The Morgan fingerprint density at radius 1 is 1.10 bits per heavy atom. The molecule has 0 amide bonds. The van der Waals surface area contributed by atoms with Gasteiger partial charge in [-0.25, -0.2) is 0 Å². The first kappa shape index (κ1) is 16.2. The van der Waals surface area contributed by atoms with Crippen LogP contribution in [-0.2, 0) is 6.54 Å². The minimum absolute atomic E-state index is 0.233. The van der Waals surface area contributed by atoms with Gasteiger partial charge in [0, 0.05) is 28.8 Å². The van der Waals surface area contributed by atoms with Crippen molar-refractivity contribution in [3.63, 3.8) is 0 Å². The largest absolute Gasteiger partial charge is 0.395 e. The van der Waals surface area contributed by atoms with Crippen molar-refractivity contribution in [2.75, 3.05) is 52.5 Å². The molecule has 5 heteroatoms. The Morgan fingerprint density at radius 2 is 1.80 bits per heavy atom. The van der Waals surface area contributed by atoms with Crippen LogP contribution in [0.2, 0.25) is 0 Å². The summed E-state index contributed by atoms with van der Waals surface area (Å²) in [7, 11) is 0. The van der Waals surface area contributed by atoms with Gasteiger partial charge in [0.15, 0.2) is 0 Å². The summed E-state index contributed by atoms with van der Waals surface area (Å²) in [5, 5.41) is 18.5. The number of aliphatic hydroxyl groups is 2. The molecule has 112 valence electrons. The quantitative estimate of drug-likeness (QED) is 0.560. The zero-order valence-corrected chi connectivity index (χ0v) is 14.0. The third-order valence-corrected chi connectivity index (χ3v) is 5.29. The van der Waals surface area contributed by atoms with Crippen LogP contribution in [-0.4, -0.2) is 72.1 Å². The topological polar surface area (TPSA) is 43.7 Å². The number of hydrogen-bond donors (Lipinski definition) is 2. The summed E-state index contributed by atoms with van der Waals surface area (Å²) in [6, 6.07) is 8.50. The van der Waals surface area contributed by atoms with Crippen molar-refractivity contribution >= 4 is 22.6 Å². The molecule has 2 rings (SSSR count). The van der Waals surface area contributed by atoms with Gasteiger partial charge >= 0.3 is 0 Å². The van der Waals surface area contributed by atoms with Crippen LogP contribution in [0.4, 0.5) is 0 Å². The smallest absolute Gasteiger partial charge is 0.106 e. The number of benzene rings is 1. The van der Waals surface area contributed by atoms with E-state index < -0.39 is 0 Å². The summed E-state index contributed by atoms with van der Waals surface area (Å²) in [4.78, 5) is 2.31. The maximum atomic E-state index is 9.43. The molecule has 0 aromatic heterocycles. The number of aliphatic hydroxyl groups excluding tert-OH is 2. The highest BCUT2D eigenvalue weighted by Gasteiger charge is 2.32. The molecule has 0 unspecified atom stereocenters. The first-order valence-corrected chi connectivity index (χ1v) is 8.29. The fourth-order valence-corrected chi connectivity index (χ4v) is 3.51. The molecule has 1 heterocycles. The van der Waals surface area contributed by atoms with Crippen LogP contribution < -0.4 is 0 Å². The number of quaternary nitrogens is 1. The third-order valence-electron chi connectivity index (χ3n) is 4.24. The van der Waals surface area contributed by atoms with Crippen LogP contribution >= 0.6 is 22.6 Å². The van der Waals surface area contributed by atoms with E-state index in [1.54, 1.807) is 0 Å². The summed E-state index contributed by atoms with van der Waals surface area (Å²) >= 11 is 2.39. The predicted molar refractivity (Wildman–Crippen MR) is 88.3 cm³/mol. The molecule has 1 fully saturated rings. The molecule has 1 saturated heterocycles. The van der Waals surface area contributed by atoms with Gasteiger partial charge in [-0.15, -0.1) is 0 Å². The Hall–Kier alpha value is -0.210. The Bertz CT molecular complexity index is 420. The van der Waals surface area contributed by atoms with Gasteiger partial charge in [0.2, 0.25) is 0 Å². The molecule has 1 aromatic carbocycles. The second kappa shape index (κ2) is 7.70. The molecule has 0 bridgehead atoms. The average molecular weight is 391 g/mol. The monoisotopic (exact) mass is 391 g/mol. The molecule has 0 spiro atoms. The van der Waals surface area contributed by atoms with E-state index in [1.807, 2.05) is 0 Å². The lowest BCUT2D eigenvalue weighted by Gasteiger charge is -2.44. The SMILES string of the molecule is OCCN1CC[N+](CCO)(Cc2ccccc2I)CC1. The number of halogens is 1. The summed E-state index contributed by atoms with van der Waals surface area (Å²) in [6.07, 6.45) is 0. The molecule has 0 radical (unpaired) electrons. The van der Waals surface area contributed by atoms with Crippen molar-refractivity contribution < 1.29 is 14.7 Å². The van der Waals surface area contributed by atoms with Crippen molar-refractivity contribution in [1.82, 2.24) is 4.90 Å². The molecule has 0 atom stereocenters. The minimum atomic E-state index is 0.233. The van der Waals surface area contributed by atoms with E-state index in [2.05, 4.69) is 51.8 Å². The lowest BCUT2D eigenvalue weighted by atomic mass is 10.1. The van der Waals surface area contributed by atoms with Crippen LogP contribution in [0.25, 0.3) is 0 Å². The fraction of sp³-hybridized carbons (Fsp3) is 0.600. The minimum Gasteiger partial charge on any atom is -0.395 e. The standard InChI is InChI=1S/C15H24IN2O2/c16-15-4-2-1-3-14(15)13-18(10-12-20)8-5-17(6-9-18)7-11-19/h1-4,19-20H,5-13H2/q+1. The molecular weight excluding hydrogens is 367 g/mol. The summed E-state index contributed by atoms with van der Waals surface area (Å²) in [5.74, 6) is 0. The Morgan fingerprint density at radius 3 is 2.40 bits per heavy atom. The van der Waals surface area contributed by atoms with Gasteiger partial charge in [-0.3, -0.25) is 4.90 Å². The van der Waals surface area contributed by atoms with Crippen molar-refractivity contribution in [2.45, 2.75) is 6.54 Å². The first-order chi connectivity index (χ1) is 9.69. The van der Waals surface area contributed by atoms with Gasteiger partial charge in [-0.05, 0) is 28.7 Å². The lowest BCUT2D eigenvalue weighted by molar-refractivity contribution is -0.945. The van der Waals surface area contributed by atoms with Crippen molar-refractivity contribution in [1.29, 1.82) is 0 Å². The maximum absolute atomic E-state index is 9.43. The van der Waals surface area contributed by atoms with Gasteiger partial charge in [0.1, 0.15) is 13.1 Å². The Kier molecular flexibility index (Phi) is 6.22. The molecule has 4 nitrogen and oxygen atoms in total. The zero-order valence-electron chi connectivity index (χ0n) is 11.8. The summed E-state index contributed by atoms with van der Waals surface area (Å²) < 4.78 is 2.26. The van der Waals surface area contributed by atoms with Crippen LogP contribution in [0, 0.1) is 3.57 Å². The van der Waals surface area contributed by atoms with Gasteiger partial charge in [0.25, 0.3) is 0 Å². The highest BCUT2D eigenvalue weighted by atomic mass is 127. The Balaban J connectivity index is 2.06. The van der Waals surface area contributed by atoms with Crippen LogP contribution in [0.3, 0.4) is 0 Å². The van der Waals surface area contributed by atoms with E-state index in [0.717, 1.165) is 50.3 Å². The number of rotatable bonds is 6. The van der Waals surface area contributed by atoms with Crippen LogP contribution in [0.15, 0.2) is 24.3 Å². The molecule has 0 saturated carbocycles. The second-order valence-corrected chi connectivity index (χ2v) is 6.71. The van der Waals surface area contributed by atoms with E-state index in [0.29, 0.717) is 0 Å². The zero-order chi connectivity index (χ0) is 14.4.